The van der Waals surface area contributed by atoms with Crippen LogP contribution in [0.1, 0.15) is 15.9 Å². The highest BCUT2D eigenvalue weighted by atomic mass is 35.5. The van der Waals surface area contributed by atoms with Crippen LogP contribution in [0.15, 0.2) is 36.7 Å². The van der Waals surface area contributed by atoms with E-state index >= 15 is 0 Å². The van der Waals surface area contributed by atoms with Crippen LogP contribution in [0.4, 0.5) is 0 Å². The normalized spacial score (nSPS) is 13.0. The van der Waals surface area contributed by atoms with Crippen LogP contribution < -0.4 is 20.1 Å². The first kappa shape index (κ1) is 23.7. The second-order valence-corrected chi connectivity index (χ2v) is 6.85. The van der Waals surface area contributed by atoms with Crippen LogP contribution in [0.5, 0.6) is 11.5 Å². The van der Waals surface area contributed by atoms with Crippen molar-refractivity contribution in [1.82, 2.24) is 25.4 Å². The summed E-state index contributed by atoms with van der Waals surface area (Å²) in [5.74, 6) is 1.87. The third-order valence-corrected chi connectivity index (χ3v) is 4.97. The van der Waals surface area contributed by atoms with Crippen molar-refractivity contribution in [1.29, 1.82) is 0 Å². The monoisotopic (exact) mass is 453 g/mol. The predicted octanol–water partition coefficient (Wildman–Crippen LogP) is 2.29. The molecule has 1 fully saturated rings. The Morgan fingerprint density at radius 3 is 2.67 bits per heavy atom. The molecule has 30 heavy (non-hydrogen) atoms. The molecular formula is C20H25Cl2N5O3. The van der Waals surface area contributed by atoms with Crippen molar-refractivity contribution in [2.75, 3.05) is 33.9 Å². The second-order valence-electron chi connectivity index (χ2n) is 6.85. The molecule has 1 aliphatic heterocycles. The number of pyridine rings is 1. The van der Waals surface area contributed by atoms with Crippen molar-refractivity contribution >= 4 is 41.8 Å². The van der Waals surface area contributed by atoms with Crippen molar-refractivity contribution in [3.63, 3.8) is 0 Å². The Hall–Kier alpha value is -2.55. The minimum absolute atomic E-state index is 0. The highest BCUT2D eigenvalue weighted by Crippen LogP contribution is 2.26. The van der Waals surface area contributed by atoms with Crippen molar-refractivity contribution in [3.05, 3.63) is 47.8 Å². The average molecular weight is 454 g/mol. The van der Waals surface area contributed by atoms with E-state index in [9.17, 15) is 4.79 Å². The third-order valence-electron chi connectivity index (χ3n) is 4.97. The van der Waals surface area contributed by atoms with E-state index in [1.807, 2.05) is 24.3 Å². The van der Waals surface area contributed by atoms with E-state index in [0.29, 0.717) is 24.6 Å². The Kier molecular flexibility index (Phi) is 8.28. The predicted molar refractivity (Wildman–Crippen MR) is 119 cm³/mol. The Balaban J connectivity index is 0.00000160. The summed E-state index contributed by atoms with van der Waals surface area (Å²) in [7, 11) is 3.25. The van der Waals surface area contributed by atoms with Crippen LogP contribution in [-0.4, -0.2) is 54.5 Å². The van der Waals surface area contributed by atoms with E-state index in [0.717, 1.165) is 41.2 Å². The standard InChI is InChI=1S/C20H23N5O3.2ClH/c1-27-17-4-3-14(18(6-17)28-2)12-25-19-15(11-24-25)5-16(10-22-19)20(26)23-9-13-7-21-8-13;;/h3-6,10-11,13,21H,7-9,12H2,1-2H3,(H,23,26);2*1H. The van der Waals surface area contributed by atoms with Gasteiger partial charge in [0, 0.05) is 48.8 Å². The minimum atomic E-state index is -0.106. The fourth-order valence-corrected chi connectivity index (χ4v) is 3.19. The summed E-state index contributed by atoms with van der Waals surface area (Å²) in [4.78, 5) is 16.8. The zero-order valence-corrected chi connectivity index (χ0v) is 18.4. The highest BCUT2D eigenvalue weighted by Gasteiger charge is 2.18. The third kappa shape index (κ3) is 4.95. The summed E-state index contributed by atoms with van der Waals surface area (Å²) in [5, 5.41) is 11.4. The molecule has 3 heterocycles. The number of hydrogen-bond donors (Lipinski definition) is 2. The van der Waals surface area contributed by atoms with Crippen LogP contribution in [0, 0.1) is 5.92 Å². The molecule has 0 spiro atoms. The van der Waals surface area contributed by atoms with Gasteiger partial charge < -0.3 is 20.1 Å². The molecule has 1 aromatic carbocycles. The van der Waals surface area contributed by atoms with Gasteiger partial charge in [0.2, 0.25) is 0 Å². The van der Waals surface area contributed by atoms with E-state index < -0.39 is 0 Å². The van der Waals surface area contributed by atoms with E-state index in [2.05, 4.69) is 20.7 Å². The van der Waals surface area contributed by atoms with Gasteiger partial charge in [-0.15, -0.1) is 24.8 Å². The van der Waals surface area contributed by atoms with Crippen molar-refractivity contribution < 1.29 is 14.3 Å². The average Bonchev–Trinajstić information content (AvgIpc) is 3.09. The molecule has 2 N–H and O–H groups in total. The summed E-state index contributed by atoms with van der Waals surface area (Å²) >= 11 is 0. The van der Waals surface area contributed by atoms with Gasteiger partial charge in [0.15, 0.2) is 5.65 Å². The van der Waals surface area contributed by atoms with E-state index in [1.165, 1.54) is 0 Å². The highest BCUT2D eigenvalue weighted by molar-refractivity contribution is 5.96. The van der Waals surface area contributed by atoms with Gasteiger partial charge in [-0.25, -0.2) is 9.67 Å². The molecule has 4 rings (SSSR count). The first-order chi connectivity index (χ1) is 13.7. The summed E-state index contributed by atoms with van der Waals surface area (Å²) in [6.07, 6.45) is 3.32. The Morgan fingerprint density at radius 2 is 2.00 bits per heavy atom. The second kappa shape index (κ2) is 10.5. The maximum Gasteiger partial charge on any atom is 0.252 e. The lowest BCUT2D eigenvalue weighted by atomic mass is 10.0. The Bertz CT molecular complexity index is 1010. The first-order valence-corrected chi connectivity index (χ1v) is 9.19. The van der Waals surface area contributed by atoms with Gasteiger partial charge in [0.05, 0.1) is 32.5 Å². The van der Waals surface area contributed by atoms with Gasteiger partial charge in [-0.2, -0.15) is 5.10 Å². The van der Waals surface area contributed by atoms with Crippen molar-refractivity contribution in [3.8, 4) is 11.5 Å². The molecule has 8 nitrogen and oxygen atoms in total. The molecule has 0 aliphatic carbocycles. The van der Waals surface area contributed by atoms with E-state index in [1.54, 1.807) is 31.3 Å². The number of rotatable bonds is 7. The number of benzene rings is 1. The van der Waals surface area contributed by atoms with Gasteiger partial charge in [-0.1, -0.05) is 0 Å². The fraction of sp³-hybridized carbons (Fsp3) is 0.350. The van der Waals surface area contributed by atoms with Gasteiger partial charge in [-0.3, -0.25) is 4.79 Å². The maximum absolute atomic E-state index is 12.3. The molecule has 0 radical (unpaired) electrons. The maximum atomic E-state index is 12.3. The zero-order valence-electron chi connectivity index (χ0n) is 16.8. The van der Waals surface area contributed by atoms with Crippen LogP contribution >= 0.6 is 24.8 Å². The Labute approximate surface area is 187 Å². The molecule has 10 heteroatoms. The molecule has 1 amide bonds. The van der Waals surface area contributed by atoms with Crippen molar-refractivity contribution in [2.24, 2.45) is 5.92 Å². The van der Waals surface area contributed by atoms with Gasteiger partial charge >= 0.3 is 0 Å². The number of halogens is 2. The summed E-state index contributed by atoms with van der Waals surface area (Å²) in [6.45, 7) is 3.10. The number of fused-ring (bicyclic) bond motifs is 1. The number of ether oxygens (including phenoxy) is 2. The first-order valence-electron chi connectivity index (χ1n) is 9.19. The topological polar surface area (TPSA) is 90.3 Å². The number of amides is 1. The molecule has 0 unspecified atom stereocenters. The van der Waals surface area contributed by atoms with Gasteiger partial charge in [-0.05, 0) is 18.2 Å². The number of nitrogens with one attached hydrogen (secondary N) is 2. The Morgan fingerprint density at radius 1 is 1.20 bits per heavy atom. The summed E-state index contributed by atoms with van der Waals surface area (Å²) in [5.41, 5.74) is 2.23. The summed E-state index contributed by atoms with van der Waals surface area (Å²) in [6, 6.07) is 7.50. The summed E-state index contributed by atoms with van der Waals surface area (Å²) < 4.78 is 12.5. The molecule has 1 saturated heterocycles. The van der Waals surface area contributed by atoms with Gasteiger partial charge in [0.25, 0.3) is 5.91 Å². The van der Waals surface area contributed by atoms with E-state index in [4.69, 9.17) is 9.47 Å². The lowest BCUT2D eigenvalue weighted by Gasteiger charge is -2.27. The smallest absolute Gasteiger partial charge is 0.252 e. The number of carbonyl (C=O) groups excluding carboxylic acids is 1. The van der Waals surface area contributed by atoms with E-state index in [-0.39, 0.29) is 30.7 Å². The number of hydrogen-bond acceptors (Lipinski definition) is 6. The molecule has 0 atom stereocenters. The van der Waals surface area contributed by atoms with Crippen LogP contribution in [0.2, 0.25) is 0 Å². The zero-order chi connectivity index (χ0) is 19.5. The number of aromatic nitrogens is 3. The van der Waals surface area contributed by atoms with Gasteiger partial charge in [0.1, 0.15) is 11.5 Å². The molecule has 1 aliphatic rings. The van der Waals surface area contributed by atoms with Crippen LogP contribution in [0.3, 0.4) is 0 Å². The van der Waals surface area contributed by atoms with Crippen LogP contribution in [0.25, 0.3) is 11.0 Å². The van der Waals surface area contributed by atoms with Crippen LogP contribution in [-0.2, 0) is 6.54 Å². The molecule has 0 bridgehead atoms. The number of nitrogens with zero attached hydrogens (tertiary/aromatic N) is 3. The molecule has 0 saturated carbocycles. The molecule has 3 aromatic rings. The van der Waals surface area contributed by atoms with Crippen molar-refractivity contribution in [2.45, 2.75) is 6.54 Å². The number of methoxy groups -OCH3 is 2. The fourth-order valence-electron chi connectivity index (χ4n) is 3.19. The lowest BCUT2D eigenvalue weighted by Crippen LogP contribution is -2.48. The quantitative estimate of drug-likeness (QED) is 0.570. The number of carbonyl (C=O) groups is 1. The SMILES string of the molecule is COc1ccc(Cn2ncc3cc(C(=O)NCC4CNC4)cnc32)c(OC)c1.Cl.Cl. The largest absolute Gasteiger partial charge is 0.497 e. The molecule has 162 valence electrons. The molecule has 2 aromatic heterocycles. The lowest BCUT2D eigenvalue weighted by molar-refractivity contribution is 0.0942. The molecular weight excluding hydrogens is 429 g/mol. The minimum Gasteiger partial charge on any atom is -0.497 e.